The molecule has 0 saturated heterocycles. The minimum Gasteiger partial charge on any atom is -0.393 e. The fourth-order valence-electron chi connectivity index (χ4n) is 1.37. The van der Waals surface area contributed by atoms with Crippen LogP contribution in [0.25, 0.3) is 0 Å². The van der Waals surface area contributed by atoms with Gasteiger partial charge in [-0.2, -0.15) is 0 Å². The van der Waals surface area contributed by atoms with E-state index >= 15 is 0 Å². The number of rotatable bonds is 4. The zero-order valence-electron chi connectivity index (χ0n) is 7.79. The van der Waals surface area contributed by atoms with Gasteiger partial charge in [0, 0.05) is 5.92 Å². The molecule has 2 nitrogen and oxygen atoms in total. The molecule has 11 heavy (non-hydrogen) atoms. The number of carbonyl (C=O) groups excluding carboxylic acids is 1. The minimum absolute atomic E-state index is 0.0231. The van der Waals surface area contributed by atoms with Crippen molar-refractivity contribution in [3.8, 4) is 0 Å². The van der Waals surface area contributed by atoms with E-state index in [1.807, 2.05) is 13.8 Å². The van der Waals surface area contributed by atoms with Crippen LogP contribution in [0.3, 0.4) is 0 Å². The first-order valence-corrected chi connectivity index (χ1v) is 4.19. The lowest BCUT2D eigenvalue weighted by Gasteiger charge is -2.22. The summed E-state index contributed by atoms with van der Waals surface area (Å²) in [5.74, 6) is 0.286. The molecule has 0 heterocycles. The quantitative estimate of drug-likeness (QED) is 0.675. The Bertz CT molecular complexity index is 130. The fraction of sp³-hybridized carbons (Fsp3) is 0.889. The van der Waals surface area contributed by atoms with Gasteiger partial charge < -0.3 is 5.11 Å². The van der Waals surface area contributed by atoms with Crippen LogP contribution >= 0.6 is 0 Å². The molecule has 3 unspecified atom stereocenters. The summed E-state index contributed by atoms with van der Waals surface area (Å²) in [5, 5.41) is 9.22. The fourth-order valence-corrected chi connectivity index (χ4v) is 1.37. The average Bonchev–Trinajstić information content (AvgIpc) is 1.88. The predicted molar refractivity (Wildman–Crippen MR) is 45.3 cm³/mol. The summed E-state index contributed by atoms with van der Waals surface area (Å²) < 4.78 is 0. The monoisotopic (exact) mass is 158 g/mol. The highest BCUT2D eigenvalue weighted by molar-refractivity contribution is 5.78. The van der Waals surface area contributed by atoms with Crippen molar-refractivity contribution in [2.75, 3.05) is 0 Å². The first kappa shape index (κ1) is 10.6. The molecule has 0 aliphatic rings. The van der Waals surface area contributed by atoms with Crippen molar-refractivity contribution in [3.63, 3.8) is 0 Å². The van der Waals surface area contributed by atoms with Gasteiger partial charge in [0.2, 0.25) is 0 Å². The maximum Gasteiger partial charge on any atom is 0.133 e. The second-order valence-electron chi connectivity index (χ2n) is 3.23. The number of ketones is 1. The number of carbonyl (C=O) groups is 1. The third kappa shape index (κ3) is 3.02. The first-order valence-electron chi connectivity index (χ1n) is 4.19. The summed E-state index contributed by atoms with van der Waals surface area (Å²) >= 11 is 0. The maximum atomic E-state index is 11.0. The van der Waals surface area contributed by atoms with Gasteiger partial charge in [-0.15, -0.1) is 0 Å². The second kappa shape index (κ2) is 4.50. The van der Waals surface area contributed by atoms with Crippen molar-refractivity contribution in [1.29, 1.82) is 0 Å². The van der Waals surface area contributed by atoms with Crippen molar-refractivity contribution in [2.45, 2.75) is 40.2 Å². The number of aliphatic hydroxyl groups excluding tert-OH is 1. The maximum absolute atomic E-state index is 11.0. The van der Waals surface area contributed by atoms with E-state index in [1.54, 1.807) is 13.8 Å². The Hall–Kier alpha value is -0.370. The van der Waals surface area contributed by atoms with Gasteiger partial charge in [-0.1, -0.05) is 13.8 Å². The van der Waals surface area contributed by atoms with Crippen LogP contribution in [-0.2, 0) is 4.79 Å². The molecule has 0 aromatic rings. The molecule has 0 aliphatic carbocycles. The van der Waals surface area contributed by atoms with Gasteiger partial charge in [0.1, 0.15) is 5.78 Å². The summed E-state index contributed by atoms with van der Waals surface area (Å²) in [6, 6.07) is 0. The number of hydrogen-bond donors (Lipinski definition) is 1. The lowest BCUT2D eigenvalue weighted by atomic mass is 9.85. The van der Waals surface area contributed by atoms with Crippen LogP contribution < -0.4 is 0 Å². The molecular weight excluding hydrogens is 140 g/mol. The predicted octanol–water partition coefficient (Wildman–Crippen LogP) is 1.62. The molecule has 1 N–H and O–H groups in total. The Morgan fingerprint density at radius 1 is 1.45 bits per heavy atom. The highest BCUT2D eigenvalue weighted by Crippen LogP contribution is 2.19. The summed E-state index contributed by atoms with van der Waals surface area (Å²) in [5.41, 5.74) is 0. The zero-order chi connectivity index (χ0) is 9.02. The molecule has 2 heteroatoms. The molecule has 0 aromatic carbocycles. The van der Waals surface area contributed by atoms with Gasteiger partial charge in [-0.05, 0) is 26.2 Å². The molecule has 0 spiro atoms. The van der Waals surface area contributed by atoms with Gasteiger partial charge in [-0.3, -0.25) is 4.79 Å². The number of Topliss-reactive ketones (excluding diaryl/α,β-unsaturated/α-hetero) is 1. The standard InChI is InChI=1S/C9H18O2/c1-5-9(8(4)11)6(2)7(3)10/h6-7,9-10H,5H2,1-4H3. The van der Waals surface area contributed by atoms with Crippen molar-refractivity contribution >= 4 is 5.78 Å². The van der Waals surface area contributed by atoms with E-state index in [2.05, 4.69) is 0 Å². The molecule has 66 valence electrons. The Balaban J connectivity index is 4.14. The highest BCUT2D eigenvalue weighted by atomic mass is 16.3. The van der Waals surface area contributed by atoms with E-state index in [9.17, 15) is 9.90 Å². The van der Waals surface area contributed by atoms with Gasteiger partial charge in [0.25, 0.3) is 0 Å². The minimum atomic E-state index is -0.385. The van der Waals surface area contributed by atoms with E-state index in [0.717, 1.165) is 6.42 Å². The number of aliphatic hydroxyl groups is 1. The molecule has 0 rings (SSSR count). The van der Waals surface area contributed by atoms with Crippen LogP contribution in [-0.4, -0.2) is 17.0 Å². The van der Waals surface area contributed by atoms with Crippen LogP contribution in [0.1, 0.15) is 34.1 Å². The van der Waals surface area contributed by atoms with Crippen molar-refractivity contribution in [1.82, 2.24) is 0 Å². The molecule has 0 radical (unpaired) electrons. The van der Waals surface area contributed by atoms with E-state index in [4.69, 9.17) is 0 Å². The molecule has 0 fully saturated rings. The summed E-state index contributed by atoms with van der Waals surface area (Å²) in [4.78, 5) is 11.0. The van der Waals surface area contributed by atoms with Crippen LogP contribution in [0.2, 0.25) is 0 Å². The SMILES string of the molecule is CCC(C(C)=O)C(C)C(C)O. The molecule has 0 aromatic heterocycles. The Morgan fingerprint density at radius 3 is 2.00 bits per heavy atom. The lowest BCUT2D eigenvalue weighted by molar-refractivity contribution is -0.123. The van der Waals surface area contributed by atoms with E-state index in [0.29, 0.717) is 0 Å². The molecule has 0 bridgehead atoms. The second-order valence-corrected chi connectivity index (χ2v) is 3.23. The van der Waals surface area contributed by atoms with Crippen LogP contribution in [0, 0.1) is 11.8 Å². The third-order valence-electron chi connectivity index (χ3n) is 2.36. The van der Waals surface area contributed by atoms with Gasteiger partial charge in [0.05, 0.1) is 6.10 Å². The van der Waals surface area contributed by atoms with Crippen molar-refractivity contribution < 1.29 is 9.90 Å². The largest absolute Gasteiger partial charge is 0.393 e. The van der Waals surface area contributed by atoms with Crippen molar-refractivity contribution in [2.24, 2.45) is 11.8 Å². The lowest BCUT2D eigenvalue weighted by Crippen LogP contribution is -2.27. The van der Waals surface area contributed by atoms with Gasteiger partial charge >= 0.3 is 0 Å². The first-order chi connectivity index (χ1) is 5.00. The van der Waals surface area contributed by atoms with E-state index in [-0.39, 0.29) is 23.7 Å². The number of hydrogen-bond acceptors (Lipinski definition) is 2. The molecule has 0 aliphatic heterocycles. The Labute approximate surface area is 68.6 Å². The van der Waals surface area contributed by atoms with Crippen molar-refractivity contribution in [3.05, 3.63) is 0 Å². The Kier molecular flexibility index (Phi) is 4.34. The van der Waals surface area contributed by atoms with Gasteiger partial charge in [0.15, 0.2) is 0 Å². The summed E-state index contributed by atoms with van der Waals surface area (Å²) in [6.45, 7) is 7.22. The van der Waals surface area contributed by atoms with Crippen LogP contribution in [0.4, 0.5) is 0 Å². The molecule has 0 amide bonds. The zero-order valence-corrected chi connectivity index (χ0v) is 7.79. The van der Waals surface area contributed by atoms with Gasteiger partial charge in [-0.25, -0.2) is 0 Å². The average molecular weight is 158 g/mol. The summed E-state index contributed by atoms with van der Waals surface area (Å²) in [7, 11) is 0. The molecular formula is C9H18O2. The normalized spacial score (nSPS) is 19.0. The highest BCUT2D eigenvalue weighted by Gasteiger charge is 2.23. The Morgan fingerprint density at radius 2 is 1.91 bits per heavy atom. The van der Waals surface area contributed by atoms with Crippen LogP contribution in [0.5, 0.6) is 0 Å². The summed E-state index contributed by atoms with van der Waals surface area (Å²) in [6.07, 6.45) is 0.436. The smallest absolute Gasteiger partial charge is 0.133 e. The third-order valence-corrected chi connectivity index (χ3v) is 2.36. The van der Waals surface area contributed by atoms with E-state index < -0.39 is 0 Å². The van der Waals surface area contributed by atoms with E-state index in [1.165, 1.54) is 0 Å². The molecule has 0 saturated carbocycles. The molecule has 3 atom stereocenters. The van der Waals surface area contributed by atoms with Crippen LogP contribution in [0.15, 0.2) is 0 Å². The topological polar surface area (TPSA) is 37.3 Å².